The van der Waals surface area contributed by atoms with Gasteiger partial charge in [0.15, 0.2) is 0 Å². The SMILES string of the molecule is CCCCCCCCCCCC1(c2nccn2C(C)CCCCCCCCC)C=CC=CC1. The maximum atomic E-state index is 4.95. The highest BCUT2D eigenvalue weighted by Gasteiger charge is 2.34. The zero-order valence-corrected chi connectivity index (χ0v) is 22.4. The summed E-state index contributed by atoms with van der Waals surface area (Å²) < 4.78 is 2.51. The predicted octanol–water partition coefficient (Wildman–Crippen LogP) is 10.3. The summed E-state index contributed by atoms with van der Waals surface area (Å²) in [6.07, 6.45) is 39.4. The van der Waals surface area contributed by atoms with E-state index in [-0.39, 0.29) is 5.41 Å². The van der Waals surface area contributed by atoms with Crippen LogP contribution in [0, 0.1) is 0 Å². The second kappa shape index (κ2) is 17.2. The highest BCUT2D eigenvalue weighted by atomic mass is 15.1. The average Bonchev–Trinajstić information content (AvgIpc) is 3.34. The molecule has 0 spiro atoms. The summed E-state index contributed by atoms with van der Waals surface area (Å²) in [5.41, 5.74) is 0.0911. The van der Waals surface area contributed by atoms with Gasteiger partial charge in [-0.15, -0.1) is 0 Å². The van der Waals surface area contributed by atoms with Crippen molar-refractivity contribution in [1.29, 1.82) is 0 Å². The van der Waals surface area contributed by atoms with E-state index >= 15 is 0 Å². The standard InChI is InChI=1S/C31H54N2/c1-4-6-8-10-12-13-15-17-20-24-31(25-21-18-22-26-31)30-32-27-28-33(30)29(3)23-19-16-14-11-9-7-5-2/h18,21-22,25,27-29H,4-17,19-20,23-24,26H2,1-3H3. The Kier molecular flexibility index (Phi) is 14.5. The van der Waals surface area contributed by atoms with Crippen LogP contribution in [0.1, 0.15) is 155 Å². The normalized spacial score (nSPS) is 18.8. The lowest BCUT2D eigenvalue weighted by Crippen LogP contribution is -2.29. The lowest BCUT2D eigenvalue weighted by molar-refractivity contribution is 0.380. The van der Waals surface area contributed by atoms with Gasteiger partial charge in [-0.3, -0.25) is 0 Å². The van der Waals surface area contributed by atoms with Gasteiger partial charge >= 0.3 is 0 Å². The molecule has 1 aromatic heterocycles. The molecular formula is C31H54N2. The van der Waals surface area contributed by atoms with Crippen molar-refractivity contribution < 1.29 is 0 Å². The van der Waals surface area contributed by atoms with Gasteiger partial charge in [-0.1, -0.05) is 141 Å². The third kappa shape index (κ3) is 10.2. The summed E-state index contributed by atoms with van der Waals surface area (Å²) in [5, 5.41) is 0. The number of nitrogens with zero attached hydrogens (tertiary/aromatic N) is 2. The van der Waals surface area contributed by atoms with Crippen molar-refractivity contribution in [2.75, 3.05) is 0 Å². The van der Waals surface area contributed by atoms with Gasteiger partial charge in [0.2, 0.25) is 0 Å². The first-order valence-corrected chi connectivity index (χ1v) is 14.6. The minimum atomic E-state index is 0.0911. The quantitative estimate of drug-likeness (QED) is 0.179. The summed E-state index contributed by atoms with van der Waals surface area (Å²) >= 11 is 0. The van der Waals surface area contributed by atoms with Crippen LogP contribution >= 0.6 is 0 Å². The van der Waals surface area contributed by atoms with E-state index in [0.717, 1.165) is 6.42 Å². The summed E-state index contributed by atoms with van der Waals surface area (Å²) in [5.74, 6) is 1.30. The number of allylic oxidation sites excluding steroid dienone is 4. The summed E-state index contributed by atoms with van der Waals surface area (Å²) in [6, 6.07) is 0.539. The van der Waals surface area contributed by atoms with Crippen LogP contribution in [0.2, 0.25) is 0 Å². The molecule has 2 atom stereocenters. The first kappa shape index (κ1) is 27.9. The monoisotopic (exact) mass is 454 g/mol. The van der Waals surface area contributed by atoms with Gasteiger partial charge in [0.1, 0.15) is 5.82 Å². The summed E-state index contributed by atoms with van der Waals surface area (Å²) in [4.78, 5) is 4.95. The molecule has 1 aliphatic carbocycles. The molecule has 0 fully saturated rings. The molecule has 2 rings (SSSR count). The van der Waals surface area contributed by atoms with Crippen molar-refractivity contribution in [2.24, 2.45) is 0 Å². The first-order valence-electron chi connectivity index (χ1n) is 14.6. The molecule has 0 radical (unpaired) electrons. The van der Waals surface area contributed by atoms with Crippen molar-refractivity contribution in [2.45, 2.75) is 154 Å². The van der Waals surface area contributed by atoms with Crippen LogP contribution < -0.4 is 0 Å². The smallest absolute Gasteiger partial charge is 0.119 e. The van der Waals surface area contributed by atoms with Crippen molar-refractivity contribution in [3.63, 3.8) is 0 Å². The Morgan fingerprint density at radius 2 is 1.36 bits per heavy atom. The van der Waals surface area contributed by atoms with E-state index in [1.165, 1.54) is 121 Å². The van der Waals surface area contributed by atoms with Crippen molar-refractivity contribution in [1.82, 2.24) is 9.55 Å². The maximum absolute atomic E-state index is 4.95. The Morgan fingerprint density at radius 1 is 0.788 bits per heavy atom. The molecule has 1 aliphatic rings. The van der Waals surface area contributed by atoms with Gasteiger partial charge in [-0.05, 0) is 26.2 Å². The zero-order chi connectivity index (χ0) is 23.6. The molecule has 0 aromatic carbocycles. The van der Waals surface area contributed by atoms with Gasteiger partial charge < -0.3 is 4.57 Å². The molecular weight excluding hydrogens is 400 g/mol. The number of aromatic nitrogens is 2. The Balaban J connectivity index is 1.81. The molecule has 0 saturated carbocycles. The fourth-order valence-electron chi connectivity index (χ4n) is 5.47. The number of rotatable bonds is 20. The van der Waals surface area contributed by atoms with Crippen molar-refractivity contribution in [3.05, 3.63) is 42.5 Å². The van der Waals surface area contributed by atoms with Crippen molar-refractivity contribution in [3.8, 4) is 0 Å². The molecule has 0 aliphatic heterocycles. The van der Waals surface area contributed by atoms with Crippen LogP contribution in [0.25, 0.3) is 0 Å². The van der Waals surface area contributed by atoms with Gasteiger partial charge in [-0.2, -0.15) is 0 Å². The predicted molar refractivity (Wildman–Crippen MR) is 146 cm³/mol. The Labute approximate surface area is 206 Å². The largest absolute Gasteiger partial charge is 0.331 e. The molecule has 0 saturated heterocycles. The molecule has 33 heavy (non-hydrogen) atoms. The molecule has 0 amide bonds. The fraction of sp³-hybridized carbons (Fsp3) is 0.774. The average molecular weight is 455 g/mol. The van der Waals surface area contributed by atoms with E-state index in [4.69, 9.17) is 4.98 Å². The third-order valence-electron chi connectivity index (χ3n) is 7.69. The summed E-state index contributed by atoms with van der Waals surface area (Å²) in [6.45, 7) is 6.99. The lowest BCUT2D eigenvalue weighted by atomic mass is 9.76. The minimum Gasteiger partial charge on any atom is -0.331 e. The molecule has 0 bridgehead atoms. The van der Waals surface area contributed by atoms with E-state index in [9.17, 15) is 0 Å². The summed E-state index contributed by atoms with van der Waals surface area (Å²) in [7, 11) is 0. The maximum Gasteiger partial charge on any atom is 0.119 e. The Hall–Kier alpha value is -1.31. The first-order chi connectivity index (χ1) is 16.2. The van der Waals surface area contributed by atoms with Gasteiger partial charge in [0.25, 0.3) is 0 Å². The lowest BCUT2D eigenvalue weighted by Gasteiger charge is -2.33. The number of imidazole rings is 1. The minimum absolute atomic E-state index is 0.0911. The van der Waals surface area contributed by atoms with Crippen LogP contribution in [0.3, 0.4) is 0 Å². The van der Waals surface area contributed by atoms with Crippen LogP contribution in [0.15, 0.2) is 36.7 Å². The van der Waals surface area contributed by atoms with E-state index in [1.807, 2.05) is 6.20 Å². The van der Waals surface area contributed by atoms with Crippen molar-refractivity contribution >= 4 is 0 Å². The highest BCUT2D eigenvalue weighted by molar-refractivity contribution is 5.29. The van der Waals surface area contributed by atoms with Crippen LogP contribution in [0.5, 0.6) is 0 Å². The molecule has 2 nitrogen and oxygen atoms in total. The van der Waals surface area contributed by atoms with E-state index in [2.05, 4.69) is 55.8 Å². The van der Waals surface area contributed by atoms with Crippen LogP contribution in [-0.2, 0) is 5.41 Å². The fourth-order valence-corrected chi connectivity index (χ4v) is 5.47. The van der Waals surface area contributed by atoms with Crippen LogP contribution in [0.4, 0.5) is 0 Å². The second-order valence-corrected chi connectivity index (χ2v) is 10.6. The second-order valence-electron chi connectivity index (χ2n) is 10.6. The van der Waals surface area contributed by atoms with E-state index in [1.54, 1.807) is 0 Å². The molecule has 2 heteroatoms. The Bertz CT molecular complexity index is 656. The Morgan fingerprint density at radius 3 is 1.94 bits per heavy atom. The highest BCUT2D eigenvalue weighted by Crippen LogP contribution is 2.38. The molecule has 1 heterocycles. The van der Waals surface area contributed by atoms with E-state index in [0.29, 0.717) is 6.04 Å². The van der Waals surface area contributed by atoms with Crippen LogP contribution in [-0.4, -0.2) is 9.55 Å². The molecule has 1 aromatic rings. The van der Waals surface area contributed by atoms with E-state index < -0.39 is 0 Å². The number of hydrogen-bond donors (Lipinski definition) is 0. The molecule has 2 unspecified atom stereocenters. The number of unbranched alkanes of at least 4 members (excludes halogenated alkanes) is 14. The zero-order valence-electron chi connectivity index (χ0n) is 22.4. The molecule has 188 valence electrons. The van der Waals surface area contributed by atoms with Gasteiger partial charge in [0, 0.05) is 18.4 Å². The van der Waals surface area contributed by atoms with Gasteiger partial charge in [0.05, 0.1) is 5.41 Å². The topological polar surface area (TPSA) is 17.8 Å². The number of hydrogen-bond acceptors (Lipinski definition) is 1. The third-order valence-corrected chi connectivity index (χ3v) is 7.69. The van der Waals surface area contributed by atoms with Gasteiger partial charge in [-0.25, -0.2) is 4.98 Å². The molecule has 0 N–H and O–H groups in total.